The van der Waals surface area contributed by atoms with Gasteiger partial charge in [-0.2, -0.15) is 0 Å². The molecule has 0 fully saturated rings. The van der Waals surface area contributed by atoms with E-state index >= 15 is 0 Å². The van der Waals surface area contributed by atoms with E-state index in [1.165, 1.54) is 11.1 Å². The number of rotatable bonds is 5. The third-order valence-electron chi connectivity index (χ3n) is 3.71. The third-order valence-corrected chi connectivity index (χ3v) is 3.71. The van der Waals surface area contributed by atoms with Gasteiger partial charge in [-0.1, -0.05) is 35.0 Å². The van der Waals surface area contributed by atoms with E-state index in [1.807, 2.05) is 28.9 Å². The molecule has 0 saturated carbocycles. The molecule has 1 aromatic heterocycles. The van der Waals surface area contributed by atoms with E-state index in [0.717, 1.165) is 17.0 Å². The molecule has 0 radical (unpaired) electrons. The van der Waals surface area contributed by atoms with Crippen molar-refractivity contribution in [1.29, 1.82) is 0 Å². The average Bonchev–Trinajstić information content (AvgIpc) is 2.96. The average molecular weight is 308 g/mol. The van der Waals surface area contributed by atoms with E-state index in [-0.39, 0.29) is 0 Å². The zero-order chi connectivity index (χ0) is 16.2. The SMILES string of the molecule is Cc1ccc(-c2cnnn2CCOc2cccc(N)c2)c(C)c1. The van der Waals surface area contributed by atoms with Crippen LogP contribution in [0.3, 0.4) is 0 Å². The highest BCUT2D eigenvalue weighted by molar-refractivity contribution is 5.63. The maximum atomic E-state index is 5.75. The van der Waals surface area contributed by atoms with Crippen LogP contribution in [0, 0.1) is 13.8 Å². The number of hydrogen-bond acceptors (Lipinski definition) is 4. The van der Waals surface area contributed by atoms with E-state index in [1.54, 1.807) is 6.20 Å². The summed E-state index contributed by atoms with van der Waals surface area (Å²) in [7, 11) is 0. The second kappa shape index (κ2) is 6.52. The standard InChI is InChI=1S/C18H20N4O/c1-13-6-7-17(14(2)10-13)18-12-20-21-22(18)8-9-23-16-5-3-4-15(19)11-16/h3-7,10-12H,8-9,19H2,1-2H3. The number of nitrogen functional groups attached to an aromatic ring is 1. The van der Waals surface area contributed by atoms with Gasteiger partial charge in [0.25, 0.3) is 0 Å². The van der Waals surface area contributed by atoms with Crippen LogP contribution in [0.25, 0.3) is 11.3 Å². The van der Waals surface area contributed by atoms with Crippen molar-refractivity contribution in [2.75, 3.05) is 12.3 Å². The molecule has 0 aliphatic heterocycles. The van der Waals surface area contributed by atoms with Crippen LogP contribution in [0.1, 0.15) is 11.1 Å². The second-order valence-electron chi connectivity index (χ2n) is 5.58. The Morgan fingerprint density at radius 3 is 2.78 bits per heavy atom. The van der Waals surface area contributed by atoms with Gasteiger partial charge in [0.2, 0.25) is 0 Å². The van der Waals surface area contributed by atoms with E-state index in [0.29, 0.717) is 18.8 Å². The van der Waals surface area contributed by atoms with Gasteiger partial charge >= 0.3 is 0 Å². The first-order valence-electron chi connectivity index (χ1n) is 7.58. The smallest absolute Gasteiger partial charge is 0.121 e. The normalized spacial score (nSPS) is 10.7. The summed E-state index contributed by atoms with van der Waals surface area (Å²) in [4.78, 5) is 0. The predicted molar refractivity (Wildman–Crippen MR) is 91.3 cm³/mol. The summed E-state index contributed by atoms with van der Waals surface area (Å²) in [6, 6.07) is 13.8. The van der Waals surface area contributed by atoms with Crippen molar-refractivity contribution in [3.05, 3.63) is 59.8 Å². The Kier molecular flexibility index (Phi) is 4.28. The Hall–Kier alpha value is -2.82. The van der Waals surface area contributed by atoms with Crippen molar-refractivity contribution >= 4 is 5.69 Å². The minimum Gasteiger partial charge on any atom is -0.492 e. The molecule has 0 atom stereocenters. The van der Waals surface area contributed by atoms with Gasteiger partial charge in [0.15, 0.2) is 0 Å². The highest BCUT2D eigenvalue weighted by Gasteiger charge is 2.09. The summed E-state index contributed by atoms with van der Waals surface area (Å²) in [6.07, 6.45) is 1.79. The van der Waals surface area contributed by atoms with Crippen LogP contribution in [0.5, 0.6) is 5.75 Å². The fourth-order valence-electron chi connectivity index (χ4n) is 2.59. The van der Waals surface area contributed by atoms with Crippen molar-refractivity contribution < 1.29 is 4.74 Å². The minimum atomic E-state index is 0.505. The Balaban J connectivity index is 1.71. The van der Waals surface area contributed by atoms with Gasteiger partial charge in [-0.25, -0.2) is 4.68 Å². The van der Waals surface area contributed by atoms with Crippen molar-refractivity contribution in [2.24, 2.45) is 0 Å². The molecule has 118 valence electrons. The van der Waals surface area contributed by atoms with Crippen LogP contribution in [0.4, 0.5) is 5.69 Å². The molecule has 2 aromatic carbocycles. The molecular formula is C18H20N4O. The number of nitrogens with zero attached hydrogens (tertiary/aromatic N) is 3. The van der Waals surface area contributed by atoms with Crippen LogP contribution in [0.15, 0.2) is 48.7 Å². The molecule has 0 amide bonds. The van der Waals surface area contributed by atoms with Crippen LogP contribution in [-0.4, -0.2) is 21.6 Å². The van der Waals surface area contributed by atoms with Gasteiger partial charge in [0.05, 0.1) is 18.4 Å². The van der Waals surface area contributed by atoms with Gasteiger partial charge in [0, 0.05) is 17.3 Å². The lowest BCUT2D eigenvalue weighted by atomic mass is 10.0. The van der Waals surface area contributed by atoms with Gasteiger partial charge in [-0.3, -0.25) is 0 Å². The number of anilines is 1. The second-order valence-corrected chi connectivity index (χ2v) is 5.58. The Labute approximate surface area is 135 Å². The topological polar surface area (TPSA) is 66.0 Å². The third kappa shape index (κ3) is 3.51. The first-order valence-corrected chi connectivity index (χ1v) is 7.58. The van der Waals surface area contributed by atoms with E-state index < -0.39 is 0 Å². The molecule has 2 N–H and O–H groups in total. The number of ether oxygens (including phenoxy) is 1. The first-order chi connectivity index (χ1) is 11.1. The van der Waals surface area contributed by atoms with Crippen LogP contribution < -0.4 is 10.5 Å². The molecule has 0 aliphatic rings. The van der Waals surface area contributed by atoms with E-state index in [2.05, 4.69) is 42.4 Å². The molecule has 1 heterocycles. The van der Waals surface area contributed by atoms with E-state index in [9.17, 15) is 0 Å². The summed E-state index contributed by atoms with van der Waals surface area (Å²) in [5.41, 5.74) is 11.0. The van der Waals surface area contributed by atoms with Gasteiger partial charge in [0.1, 0.15) is 12.4 Å². The first kappa shape index (κ1) is 15.1. The summed E-state index contributed by atoms with van der Waals surface area (Å²) >= 11 is 0. The largest absolute Gasteiger partial charge is 0.492 e. The van der Waals surface area contributed by atoms with Gasteiger partial charge in [-0.15, -0.1) is 5.10 Å². The Morgan fingerprint density at radius 1 is 1.13 bits per heavy atom. The summed E-state index contributed by atoms with van der Waals surface area (Å²) in [5.74, 6) is 0.762. The monoisotopic (exact) mass is 308 g/mol. The number of aryl methyl sites for hydroxylation is 2. The maximum absolute atomic E-state index is 5.75. The number of hydrogen-bond donors (Lipinski definition) is 1. The summed E-state index contributed by atoms with van der Waals surface area (Å²) in [5, 5.41) is 8.21. The molecule has 23 heavy (non-hydrogen) atoms. The fraction of sp³-hybridized carbons (Fsp3) is 0.222. The lowest BCUT2D eigenvalue weighted by molar-refractivity contribution is 0.291. The number of benzene rings is 2. The molecule has 0 spiro atoms. The Bertz CT molecular complexity index is 810. The van der Waals surface area contributed by atoms with Crippen molar-refractivity contribution in [3.63, 3.8) is 0 Å². The number of nitrogens with two attached hydrogens (primary N) is 1. The van der Waals surface area contributed by atoms with Gasteiger partial charge in [-0.05, 0) is 31.5 Å². The molecule has 3 rings (SSSR count). The molecular weight excluding hydrogens is 288 g/mol. The minimum absolute atomic E-state index is 0.505. The van der Waals surface area contributed by atoms with Crippen LogP contribution >= 0.6 is 0 Å². The fourth-order valence-corrected chi connectivity index (χ4v) is 2.59. The molecule has 0 bridgehead atoms. The molecule has 5 heteroatoms. The van der Waals surface area contributed by atoms with Crippen LogP contribution in [0.2, 0.25) is 0 Å². The van der Waals surface area contributed by atoms with Crippen LogP contribution in [-0.2, 0) is 6.54 Å². The molecule has 0 unspecified atom stereocenters. The highest BCUT2D eigenvalue weighted by atomic mass is 16.5. The summed E-state index contributed by atoms with van der Waals surface area (Å²) in [6.45, 7) is 5.32. The zero-order valence-corrected chi connectivity index (χ0v) is 13.4. The molecule has 3 aromatic rings. The van der Waals surface area contributed by atoms with Gasteiger partial charge < -0.3 is 10.5 Å². The Morgan fingerprint density at radius 2 is 2.00 bits per heavy atom. The quantitative estimate of drug-likeness (QED) is 0.735. The maximum Gasteiger partial charge on any atom is 0.121 e. The highest BCUT2D eigenvalue weighted by Crippen LogP contribution is 2.23. The molecule has 0 aliphatic carbocycles. The lowest BCUT2D eigenvalue weighted by Crippen LogP contribution is -2.11. The summed E-state index contributed by atoms with van der Waals surface area (Å²) < 4.78 is 7.60. The van der Waals surface area contributed by atoms with Crippen molar-refractivity contribution in [3.8, 4) is 17.0 Å². The zero-order valence-electron chi connectivity index (χ0n) is 13.4. The number of aromatic nitrogens is 3. The molecule has 5 nitrogen and oxygen atoms in total. The van der Waals surface area contributed by atoms with Crippen molar-refractivity contribution in [2.45, 2.75) is 20.4 Å². The predicted octanol–water partition coefficient (Wildman–Crippen LogP) is 3.22. The van der Waals surface area contributed by atoms with E-state index in [4.69, 9.17) is 10.5 Å². The molecule has 0 saturated heterocycles. The van der Waals surface area contributed by atoms with Crippen molar-refractivity contribution in [1.82, 2.24) is 15.0 Å². The lowest BCUT2D eigenvalue weighted by Gasteiger charge is -2.11.